The van der Waals surface area contributed by atoms with Crippen LogP contribution in [0.4, 0.5) is 5.69 Å². The number of nitrogens with zero attached hydrogens (tertiary/aromatic N) is 2. The van der Waals surface area contributed by atoms with Crippen molar-refractivity contribution in [1.29, 1.82) is 0 Å². The molecule has 2 rings (SSSR count). The number of ketones is 1. The highest BCUT2D eigenvalue weighted by Gasteiger charge is 2.13. The Bertz CT molecular complexity index is 776. The Hall–Kier alpha value is -1.49. The topological polar surface area (TPSA) is 32.7 Å². The summed E-state index contributed by atoms with van der Waals surface area (Å²) in [5.41, 5.74) is 2.17. The molecule has 0 N–H and O–H groups in total. The second kappa shape index (κ2) is 9.27. The summed E-state index contributed by atoms with van der Waals surface area (Å²) in [5, 5.41) is 1.16. The standard InChI is InChI=1S/C19H20Cl2N2OS/c1-4-23(3)12-22-18-9-13(2)16(10-17(18)21)19(24)11-25-15-7-5-14(20)6-8-15/h5-10,12H,4,11H2,1-3H3. The van der Waals surface area contributed by atoms with Crippen LogP contribution in [-0.4, -0.2) is 36.4 Å². The lowest BCUT2D eigenvalue weighted by atomic mass is 10.0. The van der Waals surface area contributed by atoms with Gasteiger partial charge in [-0.2, -0.15) is 0 Å². The van der Waals surface area contributed by atoms with Crippen molar-refractivity contribution in [2.75, 3.05) is 19.3 Å². The molecule has 0 atom stereocenters. The first-order valence-corrected chi connectivity index (χ1v) is 9.61. The van der Waals surface area contributed by atoms with Gasteiger partial charge < -0.3 is 4.90 Å². The van der Waals surface area contributed by atoms with Crippen molar-refractivity contribution >= 4 is 52.8 Å². The van der Waals surface area contributed by atoms with Crippen LogP contribution in [0.25, 0.3) is 0 Å². The van der Waals surface area contributed by atoms with Crippen LogP contribution in [0.3, 0.4) is 0 Å². The minimum Gasteiger partial charge on any atom is -0.366 e. The van der Waals surface area contributed by atoms with E-state index in [1.807, 2.05) is 56.1 Å². The van der Waals surface area contributed by atoms with Gasteiger partial charge in [0.2, 0.25) is 0 Å². The van der Waals surface area contributed by atoms with E-state index >= 15 is 0 Å². The minimum absolute atomic E-state index is 0.0422. The summed E-state index contributed by atoms with van der Waals surface area (Å²) in [5.74, 6) is 0.389. The van der Waals surface area contributed by atoms with E-state index < -0.39 is 0 Å². The fraction of sp³-hybridized carbons (Fsp3) is 0.263. The van der Waals surface area contributed by atoms with Gasteiger partial charge in [-0.25, -0.2) is 4.99 Å². The lowest BCUT2D eigenvalue weighted by Crippen LogP contribution is -2.14. The maximum atomic E-state index is 12.5. The molecule has 0 aromatic heterocycles. The SMILES string of the molecule is CCN(C)C=Nc1cc(C)c(C(=O)CSc2ccc(Cl)cc2)cc1Cl. The van der Waals surface area contributed by atoms with Crippen LogP contribution in [0.2, 0.25) is 10.0 Å². The van der Waals surface area contributed by atoms with Crippen molar-refractivity contribution in [3.8, 4) is 0 Å². The Kier molecular flexibility index (Phi) is 7.36. The second-order valence-electron chi connectivity index (χ2n) is 5.60. The van der Waals surface area contributed by atoms with Crippen molar-refractivity contribution in [2.24, 2.45) is 4.99 Å². The lowest BCUT2D eigenvalue weighted by molar-refractivity contribution is 0.102. The number of hydrogen-bond donors (Lipinski definition) is 0. The molecule has 132 valence electrons. The number of aryl methyl sites for hydroxylation is 1. The van der Waals surface area contributed by atoms with Crippen molar-refractivity contribution < 1.29 is 4.79 Å². The lowest BCUT2D eigenvalue weighted by Gasteiger charge is -2.10. The molecule has 0 fully saturated rings. The quantitative estimate of drug-likeness (QED) is 0.254. The predicted octanol–water partition coefficient (Wildman–Crippen LogP) is 5.89. The van der Waals surface area contributed by atoms with E-state index in [-0.39, 0.29) is 5.78 Å². The number of thioether (sulfide) groups is 1. The van der Waals surface area contributed by atoms with E-state index in [1.54, 1.807) is 12.4 Å². The second-order valence-corrected chi connectivity index (χ2v) is 7.49. The molecule has 0 aliphatic rings. The number of aliphatic imine (C=N–C) groups is 1. The van der Waals surface area contributed by atoms with E-state index in [1.165, 1.54) is 11.8 Å². The number of rotatable bonds is 7. The Morgan fingerprint density at radius 1 is 1.24 bits per heavy atom. The van der Waals surface area contributed by atoms with Crippen LogP contribution < -0.4 is 0 Å². The van der Waals surface area contributed by atoms with Gasteiger partial charge in [-0.15, -0.1) is 11.8 Å². The van der Waals surface area contributed by atoms with E-state index in [9.17, 15) is 4.79 Å². The maximum Gasteiger partial charge on any atom is 0.173 e. The highest BCUT2D eigenvalue weighted by atomic mass is 35.5. The molecule has 0 aliphatic carbocycles. The van der Waals surface area contributed by atoms with E-state index in [2.05, 4.69) is 4.99 Å². The zero-order valence-corrected chi connectivity index (χ0v) is 16.8. The van der Waals surface area contributed by atoms with E-state index in [0.29, 0.717) is 27.0 Å². The maximum absolute atomic E-state index is 12.5. The molecule has 0 amide bonds. The van der Waals surface area contributed by atoms with Gasteiger partial charge in [-0.05, 0) is 55.8 Å². The molecule has 0 saturated heterocycles. The van der Waals surface area contributed by atoms with Gasteiger partial charge in [-0.3, -0.25) is 4.79 Å². The van der Waals surface area contributed by atoms with Crippen LogP contribution in [0.5, 0.6) is 0 Å². The van der Waals surface area contributed by atoms with Crippen molar-refractivity contribution in [2.45, 2.75) is 18.7 Å². The predicted molar refractivity (Wildman–Crippen MR) is 109 cm³/mol. The smallest absolute Gasteiger partial charge is 0.173 e. The fourth-order valence-electron chi connectivity index (χ4n) is 2.07. The summed E-state index contributed by atoms with van der Waals surface area (Å²) in [4.78, 5) is 19.9. The largest absolute Gasteiger partial charge is 0.366 e. The van der Waals surface area contributed by atoms with Crippen molar-refractivity contribution in [3.63, 3.8) is 0 Å². The third-order valence-electron chi connectivity index (χ3n) is 3.67. The van der Waals surface area contributed by atoms with Gasteiger partial charge in [0.25, 0.3) is 0 Å². The summed E-state index contributed by atoms with van der Waals surface area (Å²) in [6.07, 6.45) is 1.73. The molecule has 2 aromatic rings. The highest BCUT2D eigenvalue weighted by molar-refractivity contribution is 8.00. The van der Waals surface area contributed by atoms with Gasteiger partial charge in [0.15, 0.2) is 5.78 Å². The molecule has 2 aromatic carbocycles. The first kappa shape index (κ1) is 19.8. The Morgan fingerprint density at radius 3 is 2.56 bits per heavy atom. The molecule has 0 radical (unpaired) electrons. The van der Waals surface area contributed by atoms with Crippen LogP contribution >= 0.6 is 35.0 Å². The molecular formula is C19H20Cl2N2OS. The molecule has 3 nitrogen and oxygen atoms in total. The number of carbonyl (C=O) groups excluding carboxylic acids is 1. The van der Waals surface area contributed by atoms with Crippen LogP contribution in [0, 0.1) is 6.92 Å². The van der Waals surface area contributed by atoms with Gasteiger partial charge in [-0.1, -0.05) is 23.2 Å². The molecular weight excluding hydrogens is 375 g/mol. The highest BCUT2D eigenvalue weighted by Crippen LogP contribution is 2.30. The Balaban J connectivity index is 2.10. The summed E-state index contributed by atoms with van der Waals surface area (Å²) in [6, 6.07) is 11.0. The first-order valence-electron chi connectivity index (χ1n) is 7.87. The molecule has 0 spiro atoms. The van der Waals surface area contributed by atoms with Crippen LogP contribution in [0.1, 0.15) is 22.8 Å². The van der Waals surface area contributed by atoms with Crippen molar-refractivity contribution in [3.05, 3.63) is 57.6 Å². The molecule has 25 heavy (non-hydrogen) atoms. The molecule has 0 heterocycles. The minimum atomic E-state index is 0.0422. The molecule has 0 aliphatic heterocycles. The molecule has 0 unspecified atom stereocenters. The zero-order valence-electron chi connectivity index (χ0n) is 14.4. The zero-order chi connectivity index (χ0) is 18.4. The monoisotopic (exact) mass is 394 g/mol. The fourth-order valence-corrected chi connectivity index (χ4v) is 3.19. The third kappa shape index (κ3) is 5.77. The number of carbonyl (C=O) groups is 1. The summed E-state index contributed by atoms with van der Waals surface area (Å²) < 4.78 is 0. The number of halogens is 2. The summed E-state index contributed by atoms with van der Waals surface area (Å²) in [7, 11) is 1.94. The number of Topliss-reactive ketones (excluding diaryl/α,β-unsaturated/α-hetero) is 1. The Labute approximate surface area is 163 Å². The van der Waals surface area contributed by atoms with Gasteiger partial charge in [0.05, 0.1) is 22.8 Å². The molecule has 0 saturated carbocycles. The summed E-state index contributed by atoms with van der Waals surface area (Å²) >= 11 is 13.7. The average molecular weight is 395 g/mol. The van der Waals surface area contributed by atoms with Crippen LogP contribution in [-0.2, 0) is 0 Å². The Morgan fingerprint density at radius 2 is 1.92 bits per heavy atom. The summed E-state index contributed by atoms with van der Waals surface area (Å²) in [6.45, 7) is 4.80. The van der Waals surface area contributed by atoms with E-state index in [4.69, 9.17) is 23.2 Å². The number of benzene rings is 2. The molecule has 0 bridgehead atoms. The first-order chi connectivity index (χ1) is 11.9. The van der Waals surface area contributed by atoms with E-state index in [0.717, 1.165) is 17.0 Å². The van der Waals surface area contributed by atoms with Gasteiger partial charge in [0, 0.05) is 29.1 Å². The third-order valence-corrected chi connectivity index (χ3v) is 5.24. The van der Waals surface area contributed by atoms with Gasteiger partial charge in [0.1, 0.15) is 0 Å². The number of hydrogen-bond acceptors (Lipinski definition) is 3. The van der Waals surface area contributed by atoms with Crippen LogP contribution in [0.15, 0.2) is 46.3 Å². The molecule has 6 heteroatoms. The van der Waals surface area contributed by atoms with Gasteiger partial charge >= 0.3 is 0 Å². The average Bonchev–Trinajstić information content (AvgIpc) is 2.61. The normalized spacial score (nSPS) is 11.1. The van der Waals surface area contributed by atoms with Crippen molar-refractivity contribution in [1.82, 2.24) is 4.90 Å².